The summed E-state index contributed by atoms with van der Waals surface area (Å²) in [5, 5.41) is 4.38. The molecular formula is C16H17Br2N3O2. The van der Waals surface area contributed by atoms with Crippen molar-refractivity contribution in [1.82, 2.24) is 9.78 Å². The molecule has 1 atom stereocenters. The molecule has 0 spiro atoms. The zero-order valence-electron chi connectivity index (χ0n) is 13.4. The summed E-state index contributed by atoms with van der Waals surface area (Å²) in [5.41, 5.74) is 2.47. The van der Waals surface area contributed by atoms with Crippen LogP contribution in [0.1, 0.15) is 28.5 Å². The van der Waals surface area contributed by atoms with Crippen molar-refractivity contribution in [2.45, 2.75) is 26.9 Å². The molecule has 23 heavy (non-hydrogen) atoms. The van der Waals surface area contributed by atoms with Crippen LogP contribution in [0.4, 0.5) is 5.82 Å². The fourth-order valence-corrected chi connectivity index (χ4v) is 3.93. The van der Waals surface area contributed by atoms with E-state index in [1.54, 1.807) is 9.58 Å². The highest BCUT2D eigenvalue weighted by Gasteiger charge is 2.33. The molecule has 1 aromatic carbocycles. The average Bonchev–Trinajstić information content (AvgIpc) is 2.77. The Morgan fingerprint density at radius 3 is 2.52 bits per heavy atom. The first kappa shape index (κ1) is 16.5. The van der Waals surface area contributed by atoms with Crippen molar-refractivity contribution in [1.29, 1.82) is 0 Å². The van der Waals surface area contributed by atoms with E-state index in [1.807, 2.05) is 40.0 Å². The number of aromatic nitrogens is 2. The number of halogens is 2. The molecule has 7 heteroatoms. The quantitative estimate of drug-likeness (QED) is 0.670. The number of amides is 1. The molecule has 122 valence electrons. The smallest absolute Gasteiger partial charge is 0.259 e. The Balaban J connectivity index is 2.07. The van der Waals surface area contributed by atoms with E-state index in [0.29, 0.717) is 23.7 Å². The van der Waals surface area contributed by atoms with Gasteiger partial charge in [-0.3, -0.25) is 9.69 Å². The van der Waals surface area contributed by atoms with Crippen molar-refractivity contribution in [2.24, 2.45) is 7.05 Å². The summed E-state index contributed by atoms with van der Waals surface area (Å²) in [5.74, 6) is 1.33. The number of hydrogen-bond acceptors (Lipinski definition) is 3. The molecule has 0 unspecified atom stereocenters. The van der Waals surface area contributed by atoms with E-state index in [1.165, 1.54) is 0 Å². The topological polar surface area (TPSA) is 47.4 Å². The van der Waals surface area contributed by atoms with Gasteiger partial charge in [0.15, 0.2) is 11.6 Å². The monoisotopic (exact) mass is 441 g/mol. The fraction of sp³-hybridized carbons (Fsp3) is 0.375. The number of anilines is 1. The number of nitrogens with zero attached hydrogens (tertiary/aromatic N) is 3. The van der Waals surface area contributed by atoms with E-state index in [0.717, 1.165) is 20.2 Å². The number of carbonyl (C=O) groups is 1. The maximum absolute atomic E-state index is 13.1. The van der Waals surface area contributed by atoms with Crippen LogP contribution in [-0.4, -0.2) is 28.3 Å². The van der Waals surface area contributed by atoms with Gasteiger partial charge in [0.25, 0.3) is 5.91 Å². The van der Waals surface area contributed by atoms with Gasteiger partial charge < -0.3 is 4.74 Å². The minimum Gasteiger partial charge on any atom is -0.483 e. The summed E-state index contributed by atoms with van der Waals surface area (Å²) in [6.07, 6.45) is -0.0771. The molecule has 2 aromatic rings. The van der Waals surface area contributed by atoms with Gasteiger partial charge in [0.05, 0.1) is 6.54 Å². The highest BCUT2D eigenvalue weighted by atomic mass is 79.9. The Bertz CT molecular complexity index is 778. The Hall–Kier alpha value is -1.34. The maximum Gasteiger partial charge on any atom is 0.259 e. The Morgan fingerprint density at radius 1 is 1.30 bits per heavy atom. The molecule has 0 radical (unpaired) electrons. The predicted molar refractivity (Wildman–Crippen MR) is 96.3 cm³/mol. The lowest BCUT2D eigenvalue weighted by molar-refractivity contribution is 0.0958. The summed E-state index contributed by atoms with van der Waals surface area (Å²) >= 11 is 7.02. The van der Waals surface area contributed by atoms with Crippen LogP contribution in [0.25, 0.3) is 0 Å². The second-order valence-electron chi connectivity index (χ2n) is 5.77. The Morgan fingerprint density at radius 2 is 1.91 bits per heavy atom. The second-order valence-corrected chi connectivity index (χ2v) is 7.48. The molecule has 0 N–H and O–H groups in total. The molecule has 0 aliphatic carbocycles. The third-order valence-electron chi connectivity index (χ3n) is 3.93. The highest BCUT2D eigenvalue weighted by molar-refractivity contribution is 9.11. The molecule has 0 bridgehead atoms. The van der Waals surface area contributed by atoms with Crippen molar-refractivity contribution < 1.29 is 9.53 Å². The molecule has 1 aliphatic heterocycles. The van der Waals surface area contributed by atoms with Gasteiger partial charge in [-0.05, 0) is 38.5 Å². The minimum atomic E-state index is -0.0771. The number of fused-ring (bicyclic) bond motifs is 1. The third kappa shape index (κ3) is 2.80. The van der Waals surface area contributed by atoms with Gasteiger partial charge in [-0.2, -0.15) is 5.10 Å². The molecule has 1 amide bonds. The van der Waals surface area contributed by atoms with Gasteiger partial charge in [0.1, 0.15) is 11.8 Å². The van der Waals surface area contributed by atoms with Crippen molar-refractivity contribution in [3.8, 4) is 5.75 Å². The molecule has 2 heterocycles. The largest absolute Gasteiger partial charge is 0.483 e. The van der Waals surface area contributed by atoms with Crippen molar-refractivity contribution in [3.63, 3.8) is 0 Å². The minimum absolute atomic E-state index is 0.0641. The molecule has 0 saturated carbocycles. The van der Waals surface area contributed by atoms with Gasteiger partial charge in [-0.25, -0.2) is 4.68 Å². The maximum atomic E-state index is 13.1. The SMILES string of the molecule is Cc1nn(C)c2c1O[C@@H](C)CN2C(=O)c1cc(Br)c(C)c(Br)c1. The summed E-state index contributed by atoms with van der Waals surface area (Å²) in [4.78, 5) is 14.8. The lowest BCUT2D eigenvalue weighted by Gasteiger charge is -2.32. The molecule has 5 nitrogen and oxygen atoms in total. The number of hydrogen-bond donors (Lipinski definition) is 0. The zero-order valence-corrected chi connectivity index (χ0v) is 16.5. The Labute approximate surface area is 151 Å². The van der Waals surface area contributed by atoms with E-state index < -0.39 is 0 Å². The number of rotatable bonds is 1. The van der Waals surface area contributed by atoms with Gasteiger partial charge in [-0.1, -0.05) is 31.9 Å². The standard InChI is InChI=1S/C16H17Br2N3O2/c1-8-7-21(15-14(23-8)10(3)19-20(15)4)16(22)11-5-12(17)9(2)13(18)6-11/h5-6,8H,7H2,1-4H3/t8-/m0/s1. The van der Waals surface area contributed by atoms with Crippen LogP contribution in [0, 0.1) is 13.8 Å². The number of aryl methyl sites for hydroxylation is 2. The van der Waals surface area contributed by atoms with Crippen molar-refractivity contribution in [2.75, 3.05) is 11.4 Å². The second kappa shape index (κ2) is 5.94. The van der Waals surface area contributed by atoms with Crippen LogP contribution in [0.3, 0.4) is 0 Å². The van der Waals surface area contributed by atoms with Gasteiger partial charge >= 0.3 is 0 Å². The number of benzene rings is 1. The van der Waals surface area contributed by atoms with E-state index in [-0.39, 0.29) is 12.0 Å². The van der Waals surface area contributed by atoms with Crippen LogP contribution in [0.5, 0.6) is 5.75 Å². The van der Waals surface area contributed by atoms with Crippen LogP contribution in [0.2, 0.25) is 0 Å². The molecule has 1 aliphatic rings. The fourth-order valence-electron chi connectivity index (χ4n) is 2.75. The van der Waals surface area contributed by atoms with Crippen LogP contribution >= 0.6 is 31.9 Å². The third-order valence-corrected chi connectivity index (χ3v) is 5.57. The van der Waals surface area contributed by atoms with Crippen molar-refractivity contribution >= 4 is 43.6 Å². The molecular weight excluding hydrogens is 426 g/mol. The van der Waals surface area contributed by atoms with Crippen molar-refractivity contribution in [3.05, 3.63) is 37.9 Å². The summed E-state index contributed by atoms with van der Waals surface area (Å²) < 4.78 is 9.37. The summed E-state index contributed by atoms with van der Waals surface area (Å²) in [6, 6.07) is 3.71. The molecule has 0 fully saturated rings. The summed E-state index contributed by atoms with van der Waals surface area (Å²) in [7, 11) is 1.83. The highest BCUT2D eigenvalue weighted by Crippen LogP contribution is 2.37. The lowest BCUT2D eigenvalue weighted by atomic mass is 10.1. The Kier molecular flexibility index (Phi) is 4.27. The lowest BCUT2D eigenvalue weighted by Crippen LogP contribution is -2.43. The first-order chi connectivity index (χ1) is 10.8. The van der Waals surface area contributed by atoms with Crippen LogP contribution in [-0.2, 0) is 7.05 Å². The first-order valence-corrected chi connectivity index (χ1v) is 8.86. The van der Waals surface area contributed by atoms with Crippen LogP contribution < -0.4 is 9.64 Å². The number of carbonyl (C=O) groups excluding carboxylic acids is 1. The van der Waals surface area contributed by atoms with Crippen LogP contribution in [0.15, 0.2) is 21.1 Å². The molecule has 3 rings (SSSR count). The van der Waals surface area contributed by atoms with E-state index in [9.17, 15) is 4.79 Å². The predicted octanol–water partition coefficient (Wildman–Crippen LogP) is 3.99. The van der Waals surface area contributed by atoms with Gasteiger partial charge in [-0.15, -0.1) is 0 Å². The molecule has 0 saturated heterocycles. The normalized spacial score (nSPS) is 17.0. The first-order valence-electron chi connectivity index (χ1n) is 7.27. The van der Waals surface area contributed by atoms with E-state index in [2.05, 4.69) is 37.0 Å². The molecule has 1 aromatic heterocycles. The van der Waals surface area contributed by atoms with Gasteiger partial charge in [0, 0.05) is 21.6 Å². The van der Waals surface area contributed by atoms with Gasteiger partial charge in [0.2, 0.25) is 0 Å². The number of ether oxygens (including phenoxy) is 1. The average molecular weight is 443 g/mol. The van der Waals surface area contributed by atoms with E-state index >= 15 is 0 Å². The van der Waals surface area contributed by atoms with E-state index in [4.69, 9.17) is 4.74 Å². The zero-order chi connectivity index (χ0) is 16.9. The summed E-state index contributed by atoms with van der Waals surface area (Å²) in [6.45, 7) is 6.32.